The first kappa shape index (κ1) is 19.1. The number of hydrogen-bond acceptors (Lipinski definition) is 2. The summed E-state index contributed by atoms with van der Waals surface area (Å²) in [4.78, 5) is 24.9. The van der Waals surface area contributed by atoms with Crippen molar-refractivity contribution in [3.05, 3.63) is 63.6 Å². The van der Waals surface area contributed by atoms with Gasteiger partial charge in [0.1, 0.15) is 11.6 Å². The van der Waals surface area contributed by atoms with Crippen LogP contribution in [0.3, 0.4) is 0 Å². The molecule has 8 heteroatoms. The van der Waals surface area contributed by atoms with Crippen LogP contribution >= 0.6 is 23.2 Å². The fraction of sp³-hybridized carbons (Fsp3) is 0.176. The summed E-state index contributed by atoms with van der Waals surface area (Å²) in [6.07, 6.45) is 0. The van der Waals surface area contributed by atoms with Gasteiger partial charge in [0.25, 0.3) is 5.91 Å². The van der Waals surface area contributed by atoms with Crippen molar-refractivity contribution in [3.8, 4) is 0 Å². The number of benzene rings is 2. The molecule has 132 valence electrons. The molecule has 2 aromatic rings. The maximum Gasteiger partial charge on any atom is 0.251 e. The molecular weight excluding hydrogens is 373 g/mol. The molecule has 4 nitrogen and oxygen atoms in total. The van der Waals surface area contributed by atoms with Gasteiger partial charge in [-0.15, -0.1) is 0 Å². The van der Waals surface area contributed by atoms with Crippen molar-refractivity contribution in [1.82, 2.24) is 5.32 Å². The van der Waals surface area contributed by atoms with Crippen molar-refractivity contribution in [3.63, 3.8) is 0 Å². The molecule has 2 aromatic carbocycles. The Balaban J connectivity index is 2.03. The maximum atomic E-state index is 13.8. The van der Waals surface area contributed by atoms with Gasteiger partial charge >= 0.3 is 0 Å². The highest BCUT2D eigenvalue weighted by atomic mass is 35.5. The Hall–Kier alpha value is -2.18. The van der Waals surface area contributed by atoms with Gasteiger partial charge in [-0.2, -0.15) is 0 Å². The van der Waals surface area contributed by atoms with Gasteiger partial charge in [-0.25, -0.2) is 8.78 Å². The number of carbonyl (C=O) groups excluding carboxylic acids is 2. The van der Waals surface area contributed by atoms with Crippen LogP contribution in [0.5, 0.6) is 0 Å². The summed E-state index contributed by atoms with van der Waals surface area (Å²) in [5.74, 6) is -2.44. The fourth-order valence-electron chi connectivity index (χ4n) is 2.17. The van der Waals surface area contributed by atoms with Crippen LogP contribution in [0, 0.1) is 11.6 Å². The number of carbonyl (C=O) groups is 2. The van der Waals surface area contributed by atoms with Gasteiger partial charge in [-0.3, -0.25) is 9.59 Å². The molecule has 0 spiro atoms. The second-order valence-electron chi connectivity index (χ2n) is 5.15. The minimum atomic E-state index is -0.856. The molecule has 2 amide bonds. The summed E-state index contributed by atoms with van der Waals surface area (Å²) in [7, 11) is 0. The Labute approximate surface area is 153 Å². The first-order valence-electron chi connectivity index (χ1n) is 7.26. The van der Waals surface area contributed by atoms with Crippen molar-refractivity contribution < 1.29 is 18.4 Å². The third kappa shape index (κ3) is 4.90. The van der Waals surface area contributed by atoms with Crippen LogP contribution in [0.1, 0.15) is 17.3 Å². The van der Waals surface area contributed by atoms with Crippen LogP contribution in [0.25, 0.3) is 0 Å². The summed E-state index contributed by atoms with van der Waals surface area (Å²) in [6.45, 7) is 1.34. The minimum Gasteiger partial charge on any atom is -0.350 e. The predicted octanol–water partition coefficient (Wildman–Crippen LogP) is 4.05. The highest BCUT2D eigenvalue weighted by Crippen LogP contribution is 2.23. The van der Waals surface area contributed by atoms with Gasteiger partial charge in [-0.1, -0.05) is 23.2 Å². The van der Waals surface area contributed by atoms with Crippen LogP contribution < -0.4 is 10.2 Å². The number of nitrogens with zero attached hydrogens (tertiary/aromatic N) is 1. The van der Waals surface area contributed by atoms with Gasteiger partial charge < -0.3 is 10.2 Å². The first-order valence-corrected chi connectivity index (χ1v) is 8.01. The molecule has 0 fully saturated rings. The molecule has 0 radical (unpaired) electrons. The smallest absolute Gasteiger partial charge is 0.251 e. The van der Waals surface area contributed by atoms with E-state index in [2.05, 4.69) is 5.32 Å². The van der Waals surface area contributed by atoms with Crippen molar-refractivity contribution in [2.45, 2.75) is 6.92 Å². The molecule has 2 rings (SSSR count). The van der Waals surface area contributed by atoms with Crippen LogP contribution in [0.15, 0.2) is 36.4 Å². The van der Waals surface area contributed by atoms with Crippen molar-refractivity contribution in [2.75, 3.05) is 18.0 Å². The van der Waals surface area contributed by atoms with E-state index >= 15 is 0 Å². The van der Waals surface area contributed by atoms with E-state index in [-0.39, 0.29) is 23.8 Å². The molecule has 25 heavy (non-hydrogen) atoms. The minimum absolute atomic E-state index is 0.0188. The topological polar surface area (TPSA) is 49.4 Å². The molecule has 0 unspecified atom stereocenters. The van der Waals surface area contributed by atoms with E-state index in [1.807, 2.05) is 0 Å². The zero-order chi connectivity index (χ0) is 18.6. The lowest BCUT2D eigenvalue weighted by atomic mass is 10.2. The summed E-state index contributed by atoms with van der Waals surface area (Å²) < 4.78 is 26.8. The van der Waals surface area contributed by atoms with Gasteiger partial charge in [0.15, 0.2) is 0 Å². The number of nitrogens with one attached hydrogen (secondary N) is 1. The zero-order valence-electron chi connectivity index (χ0n) is 13.2. The van der Waals surface area contributed by atoms with E-state index < -0.39 is 23.4 Å². The summed E-state index contributed by atoms with van der Waals surface area (Å²) >= 11 is 11.6. The van der Waals surface area contributed by atoms with Crippen molar-refractivity contribution in [2.24, 2.45) is 0 Å². The highest BCUT2D eigenvalue weighted by Gasteiger charge is 2.17. The molecule has 0 saturated carbocycles. The van der Waals surface area contributed by atoms with Crippen LogP contribution in [0.2, 0.25) is 10.0 Å². The van der Waals surface area contributed by atoms with E-state index in [0.717, 1.165) is 11.0 Å². The lowest BCUT2D eigenvalue weighted by Crippen LogP contribution is -2.38. The summed E-state index contributed by atoms with van der Waals surface area (Å²) in [5, 5.41) is 3.17. The van der Waals surface area contributed by atoms with Crippen LogP contribution in [-0.4, -0.2) is 24.9 Å². The molecule has 0 heterocycles. The Kier molecular flexibility index (Phi) is 6.33. The van der Waals surface area contributed by atoms with Gasteiger partial charge in [-0.05, 0) is 30.3 Å². The quantitative estimate of drug-likeness (QED) is 0.842. The Bertz CT molecular complexity index is 815. The number of rotatable bonds is 5. The summed E-state index contributed by atoms with van der Waals surface area (Å²) in [6, 6.07) is 7.34. The van der Waals surface area contributed by atoms with Gasteiger partial charge in [0.05, 0.1) is 15.7 Å². The Morgan fingerprint density at radius 1 is 1.08 bits per heavy atom. The maximum absolute atomic E-state index is 13.8. The molecule has 0 aliphatic rings. The van der Waals surface area contributed by atoms with Crippen molar-refractivity contribution in [1.29, 1.82) is 0 Å². The third-order valence-electron chi connectivity index (χ3n) is 3.38. The number of hydrogen-bond donors (Lipinski definition) is 1. The van der Waals surface area contributed by atoms with E-state index in [0.29, 0.717) is 16.7 Å². The molecule has 0 aliphatic heterocycles. The number of halogens is 4. The van der Waals surface area contributed by atoms with Gasteiger partial charge in [0.2, 0.25) is 5.91 Å². The number of anilines is 1. The molecule has 0 aromatic heterocycles. The average molecular weight is 387 g/mol. The van der Waals surface area contributed by atoms with E-state index in [4.69, 9.17) is 23.2 Å². The van der Waals surface area contributed by atoms with E-state index in [1.54, 1.807) is 0 Å². The molecule has 1 N–H and O–H groups in total. The normalized spacial score (nSPS) is 10.4. The average Bonchev–Trinajstić information content (AvgIpc) is 2.54. The summed E-state index contributed by atoms with van der Waals surface area (Å²) in [5.41, 5.74) is 0.245. The second-order valence-corrected chi connectivity index (χ2v) is 5.97. The zero-order valence-corrected chi connectivity index (χ0v) is 14.7. The molecule has 0 bridgehead atoms. The largest absolute Gasteiger partial charge is 0.350 e. The van der Waals surface area contributed by atoms with E-state index in [9.17, 15) is 18.4 Å². The number of amides is 2. The Morgan fingerprint density at radius 3 is 2.40 bits per heavy atom. The van der Waals surface area contributed by atoms with Crippen LogP contribution in [-0.2, 0) is 4.79 Å². The lowest BCUT2D eigenvalue weighted by Gasteiger charge is -2.22. The highest BCUT2D eigenvalue weighted by molar-refractivity contribution is 6.42. The lowest BCUT2D eigenvalue weighted by molar-refractivity contribution is -0.116. The molecular formula is C17H14Cl2F2N2O2. The van der Waals surface area contributed by atoms with Crippen molar-refractivity contribution >= 4 is 40.7 Å². The molecule has 0 saturated heterocycles. The van der Waals surface area contributed by atoms with E-state index in [1.165, 1.54) is 31.2 Å². The van der Waals surface area contributed by atoms with Gasteiger partial charge in [0, 0.05) is 31.6 Å². The molecule has 0 aliphatic carbocycles. The van der Waals surface area contributed by atoms with Crippen LogP contribution in [0.4, 0.5) is 14.5 Å². The molecule has 0 atom stereocenters. The Morgan fingerprint density at radius 2 is 1.80 bits per heavy atom. The third-order valence-corrected chi connectivity index (χ3v) is 4.12. The second kappa shape index (κ2) is 8.27. The predicted molar refractivity (Wildman–Crippen MR) is 93.2 cm³/mol. The SMILES string of the molecule is CC(=O)N(CCNC(=O)c1ccc(Cl)c(Cl)c1)c1ccc(F)cc1F. The first-order chi connectivity index (χ1) is 11.8. The monoisotopic (exact) mass is 386 g/mol. The standard InChI is InChI=1S/C17H14Cl2F2N2O2/c1-10(24)23(16-5-3-12(20)9-15(16)21)7-6-22-17(25)11-2-4-13(18)14(19)8-11/h2-5,8-9H,6-7H2,1H3,(H,22,25). The fourth-order valence-corrected chi connectivity index (χ4v) is 2.47.